The molecule has 0 saturated carbocycles. The molecule has 1 aliphatic rings. The molecule has 1 fully saturated rings. The third-order valence-electron chi connectivity index (χ3n) is 5.03. The fourth-order valence-electron chi connectivity index (χ4n) is 3.28. The summed E-state index contributed by atoms with van der Waals surface area (Å²) in [6.45, 7) is -0.653. The van der Waals surface area contributed by atoms with Crippen LogP contribution in [0.3, 0.4) is 0 Å². The Hall–Kier alpha value is -3.65. The quantitative estimate of drug-likeness (QED) is 0.322. The second-order valence-electron chi connectivity index (χ2n) is 7.03. The van der Waals surface area contributed by atoms with E-state index >= 15 is 0 Å². The van der Waals surface area contributed by atoms with Gasteiger partial charge in [-0.05, 0) is 24.3 Å². The van der Waals surface area contributed by atoms with Crippen LogP contribution < -0.4 is 5.56 Å². The lowest BCUT2D eigenvalue weighted by Gasteiger charge is -2.34. The number of nitro groups is 1. The van der Waals surface area contributed by atoms with Gasteiger partial charge in [-0.25, -0.2) is 17.6 Å². The number of aromatic nitrogens is 1. The van der Waals surface area contributed by atoms with Crippen LogP contribution in [-0.2, 0) is 26.1 Å². The van der Waals surface area contributed by atoms with E-state index in [9.17, 15) is 37.3 Å². The van der Waals surface area contributed by atoms with Crippen LogP contribution in [0.5, 0.6) is 0 Å². The van der Waals surface area contributed by atoms with Gasteiger partial charge in [-0.1, -0.05) is 0 Å². The molecule has 0 spiro atoms. The normalized spacial score (nSPS) is 14.7. The van der Waals surface area contributed by atoms with Crippen LogP contribution in [0.2, 0.25) is 0 Å². The van der Waals surface area contributed by atoms with Crippen LogP contribution in [0.15, 0.2) is 46.2 Å². The van der Waals surface area contributed by atoms with Crippen LogP contribution in [0.1, 0.15) is 10.4 Å². The van der Waals surface area contributed by atoms with Crippen molar-refractivity contribution in [3.63, 3.8) is 0 Å². The van der Waals surface area contributed by atoms with Crippen molar-refractivity contribution in [2.45, 2.75) is 11.4 Å². The third-order valence-corrected chi connectivity index (χ3v) is 6.95. The van der Waals surface area contributed by atoms with E-state index in [0.29, 0.717) is 0 Å². The largest absolute Gasteiger partial charge is 0.465 e. The maximum Gasteiger partial charge on any atom is 0.339 e. The van der Waals surface area contributed by atoms with Crippen molar-refractivity contribution in [3.05, 3.63) is 68.4 Å². The number of pyridine rings is 1. The van der Waals surface area contributed by atoms with Gasteiger partial charge in [0.25, 0.3) is 0 Å². The molecular formula is C19H19FN4O8S. The van der Waals surface area contributed by atoms with Gasteiger partial charge in [-0.3, -0.25) is 24.3 Å². The van der Waals surface area contributed by atoms with E-state index in [-0.39, 0.29) is 36.6 Å². The summed E-state index contributed by atoms with van der Waals surface area (Å²) in [5.41, 5.74) is -2.23. The van der Waals surface area contributed by atoms with Crippen molar-refractivity contribution in [3.8, 4) is 0 Å². The molecule has 33 heavy (non-hydrogen) atoms. The molecule has 1 aromatic heterocycles. The summed E-state index contributed by atoms with van der Waals surface area (Å²) in [7, 11) is -2.82. The molecular weight excluding hydrogens is 463 g/mol. The number of amides is 1. The molecule has 0 atom stereocenters. The number of benzene rings is 1. The molecule has 0 bridgehead atoms. The van der Waals surface area contributed by atoms with Gasteiger partial charge in [0.2, 0.25) is 15.9 Å². The molecule has 1 amide bonds. The topological polar surface area (TPSA) is 149 Å². The van der Waals surface area contributed by atoms with Crippen molar-refractivity contribution in [2.75, 3.05) is 33.3 Å². The van der Waals surface area contributed by atoms with Crippen molar-refractivity contribution < 1.29 is 32.1 Å². The Balaban J connectivity index is 1.73. The van der Waals surface area contributed by atoms with Gasteiger partial charge in [0, 0.05) is 38.4 Å². The van der Waals surface area contributed by atoms with Crippen molar-refractivity contribution in [1.29, 1.82) is 0 Å². The molecule has 1 aliphatic heterocycles. The van der Waals surface area contributed by atoms with Gasteiger partial charge in [-0.15, -0.1) is 0 Å². The van der Waals surface area contributed by atoms with Gasteiger partial charge >= 0.3 is 17.2 Å². The summed E-state index contributed by atoms with van der Waals surface area (Å²) in [4.78, 5) is 48.2. The molecule has 2 heterocycles. The van der Waals surface area contributed by atoms with E-state index in [0.717, 1.165) is 52.5 Å². The van der Waals surface area contributed by atoms with E-state index in [2.05, 4.69) is 4.74 Å². The van der Waals surface area contributed by atoms with Crippen molar-refractivity contribution in [2.24, 2.45) is 0 Å². The van der Waals surface area contributed by atoms with Gasteiger partial charge in [-0.2, -0.15) is 4.31 Å². The van der Waals surface area contributed by atoms with Crippen LogP contribution in [-0.4, -0.2) is 72.3 Å². The Morgan fingerprint density at radius 2 is 1.76 bits per heavy atom. The third kappa shape index (κ3) is 5.06. The summed E-state index contributed by atoms with van der Waals surface area (Å²) >= 11 is 0. The monoisotopic (exact) mass is 482 g/mol. The Bertz CT molecular complexity index is 1250. The molecule has 0 radical (unpaired) electrons. The number of halogens is 1. The highest BCUT2D eigenvalue weighted by Crippen LogP contribution is 2.18. The average Bonchev–Trinajstić information content (AvgIpc) is 2.80. The molecule has 12 nitrogen and oxygen atoms in total. The first-order valence-corrected chi connectivity index (χ1v) is 11.0. The fraction of sp³-hybridized carbons (Fsp3) is 0.316. The predicted octanol–water partition coefficient (Wildman–Crippen LogP) is 0.215. The molecule has 176 valence electrons. The van der Waals surface area contributed by atoms with Crippen molar-refractivity contribution in [1.82, 2.24) is 13.8 Å². The zero-order valence-electron chi connectivity index (χ0n) is 17.3. The summed E-state index contributed by atoms with van der Waals surface area (Å²) in [6.07, 6.45) is 0.994. The Morgan fingerprint density at radius 3 is 2.30 bits per heavy atom. The fourth-order valence-corrected chi connectivity index (χ4v) is 4.70. The molecule has 1 aromatic carbocycles. The van der Waals surface area contributed by atoms with Gasteiger partial charge in [0.05, 0.1) is 22.5 Å². The van der Waals surface area contributed by atoms with Gasteiger partial charge < -0.3 is 9.64 Å². The van der Waals surface area contributed by atoms with Crippen LogP contribution in [0.25, 0.3) is 0 Å². The molecule has 0 aliphatic carbocycles. The summed E-state index contributed by atoms with van der Waals surface area (Å²) in [5, 5.41) is 11.2. The molecule has 1 saturated heterocycles. The average molecular weight is 482 g/mol. The Kier molecular flexibility index (Phi) is 6.88. The lowest BCUT2D eigenvalue weighted by molar-refractivity contribution is -0.386. The van der Waals surface area contributed by atoms with E-state index < -0.39 is 50.4 Å². The first-order valence-electron chi connectivity index (χ1n) is 9.55. The number of piperazine rings is 1. The number of nitrogens with zero attached hydrogens (tertiary/aromatic N) is 4. The van der Waals surface area contributed by atoms with Crippen molar-refractivity contribution >= 4 is 27.6 Å². The molecule has 2 aromatic rings. The predicted molar refractivity (Wildman–Crippen MR) is 110 cm³/mol. The number of ether oxygens (including phenoxy) is 1. The number of hydrogen-bond acceptors (Lipinski definition) is 8. The number of rotatable bonds is 6. The van der Waals surface area contributed by atoms with Crippen LogP contribution in [0.4, 0.5) is 10.1 Å². The number of carbonyl (C=O) groups is 2. The first-order chi connectivity index (χ1) is 15.5. The second-order valence-corrected chi connectivity index (χ2v) is 8.97. The zero-order chi connectivity index (χ0) is 24.3. The maximum atomic E-state index is 13.1. The number of sulfonamides is 1. The number of carbonyl (C=O) groups excluding carboxylic acids is 2. The standard InChI is InChI=1S/C19H19FN4O8S/c1-32-19(27)13-10-16(24(28)29)18(26)22(11-13)12-17(25)21-6-8-23(9-7-21)33(30,31)15-4-2-14(20)3-5-15/h2-5,10-11H,6-9,12H2,1H3. The summed E-state index contributed by atoms with van der Waals surface area (Å²) in [5.74, 6) is -2.08. The summed E-state index contributed by atoms with van der Waals surface area (Å²) < 4.78 is 44.9. The van der Waals surface area contributed by atoms with E-state index in [1.807, 2.05) is 0 Å². The van der Waals surface area contributed by atoms with E-state index in [1.165, 1.54) is 4.90 Å². The Labute approximate surface area is 187 Å². The highest BCUT2D eigenvalue weighted by molar-refractivity contribution is 7.89. The molecule has 0 unspecified atom stereocenters. The molecule has 0 N–H and O–H groups in total. The van der Waals surface area contributed by atoms with Gasteiger partial charge in [0.1, 0.15) is 12.4 Å². The lowest BCUT2D eigenvalue weighted by Crippen LogP contribution is -2.51. The highest BCUT2D eigenvalue weighted by atomic mass is 32.2. The minimum atomic E-state index is -3.88. The molecule has 3 rings (SSSR count). The van der Waals surface area contributed by atoms with Crippen LogP contribution >= 0.6 is 0 Å². The minimum absolute atomic E-state index is 0.00674. The maximum absolute atomic E-state index is 13.1. The van der Waals surface area contributed by atoms with Gasteiger partial charge in [0.15, 0.2) is 0 Å². The number of esters is 1. The molecule has 14 heteroatoms. The number of methoxy groups -OCH3 is 1. The first kappa shape index (κ1) is 24.0. The van der Waals surface area contributed by atoms with E-state index in [4.69, 9.17) is 0 Å². The second kappa shape index (κ2) is 9.46. The summed E-state index contributed by atoms with van der Waals surface area (Å²) in [6, 6.07) is 5.14. The Morgan fingerprint density at radius 1 is 1.15 bits per heavy atom. The number of hydrogen-bond donors (Lipinski definition) is 0. The smallest absolute Gasteiger partial charge is 0.339 e. The van der Waals surface area contributed by atoms with E-state index in [1.54, 1.807) is 0 Å². The minimum Gasteiger partial charge on any atom is -0.465 e. The SMILES string of the molecule is COC(=O)c1cc([N+](=O)[O-])c(=O)n(CC(=O)N2CCN(S(=O)(=O)c3ccc(F)cc3)CC2)c1. The van der Waals surface area contributed by atoms with Crippen LogP contribution in [0, 0.1) is 15.9 Å². The highest BCUT2D eigenvalue weighted by Gasteiger charge is 2.31. The zero-order valence-corrected chi connectivity index (χ0v) is 18.2. The lowest BCUT2D eigenvalue weighted by atomic mass is 10.2.